The lowest BCUT2D eigenvalue weighted by Crippen LogP contribution is -2.22. The van der Waals surface area contributed by atoms with Crippen LogP contribution in [0, 0.1) is 17.7 Å². The Bertz CT molecular complexity index is 436. The maximum atomic E-state index is 13.7. The Labute approximate surface area is 112 Å². The molecule has 1 aromatic carbocycles. The largest absolute Gasteiger partial charge is 0.294 e. The molecule has 0 saturated heterocycles. The van der Waals surface area contributed by atoms with Crippen LogP contribution in [0.15, 0.2) is 18.2 Å². The van der Waals surface area contributed by atoms with Gasteiger partial charge in [-0.2, -0.15) is 0 Å². The summed E-state index contributed by atoms with van der Waals surface area (Å²) in [4.78, 5) is 12.2. The number of ketones is 1. The molecule has 1 saturated carbocycles. The second-order valence-corrected chi connectivity index (χ2v) is 5.55. The normalized spacial score (nSPS) is 23.9. The van der Waals surface area contributed by atoms with Crippen LogP contribution in [0.4, 0.5) is 4.39 Å². The monoisotopic (exact) mass is 268 g/mol. The first-order valence-electron chi connectivity index (χ1n) is 6.61. The second-order valence-electron chi connectivity index (χ2n) is 5.11. The van der Waals surface area contributed by atoms with Crippen LogP contribution < -0.4 is 0 Å². The minimum atomic E-state index is -0.495. The van der Waals surface area contributed by atoms with Crippen molar-refractivity contribution in [1.82, 2.24) is 0 Å². The van der Waals surface area contributed by atoms with Crippen LogP contribution in [-0.4, -0.2) is 5.78 Å². The fourth-order valence-corrected chi connectivity index (χ4v) is 2.90. The molecular formula is C15H18ClFO. The van der Waals surface area contributed by atoms with Gasteiger partial charge in [-0.25, -0.2) is 4.39 Å². The van der Waals surface area contributed by atoms with E-state index in [9.17, 15) is 9.18 Å². The first kappa shape index (κ1) is 13.5. The van der Waals surface area contributed by atoms with Gasteiger partial charge in [-0.3, -0.25) is 4.79 Å². The molecule has 1 nitrogen and oxygen atoms in total. The minimum absolute atomic E-state index is 0.0107. The van der Waals surface area contributed by atoms with Crippen molar-refractivity contribution in [2.24, 2.45) is 11.8 Å². The molecule has 0 amide bonds. The van der Waals surface area contributed by atoms with E-state index in [0.29, 0.717) is 5.02 Å². The first-order valence-corrected chi connectivity index (χ1v) is 6.99. The minimum Gasteiger partial charge on any atom is -0.294 e. The fraction of sp³-hybridized carbons (Fsp3) is 0.533. The summed E-state index contributed by atoms with van der Waals surface area (Å²) in [5.74, 6) is 0.177. The summed E-state index contributed by atoms with van der Waals surface area (Å²) in [7, 11) is 0. The van der Waals surface area contributed by atoms with Gasteiger partial charge in [0, 0.05) is 10.9 Å². The lowest BCUT2D eigenvalue weighted by molar-refractivity contribution is 0.0867. The zero-order valence-electron chi connectivity index (χ0n) is 10.6. The standard InChI is InChI=1S/C15H18ClFO/c1-2-10-3-5-11(6-4-10)15(18)13-8-7-12(16)9-14(13)17/h7-11H,2-6H2,1H3. The second kappa shape index (κ2) is 5.83. The van der Waals surface area contributed by atoms with E-state index in [0.717, 1.165) is 31.6 Å². The molecule has 98 valence electrons. The van der Waals surface area contributed by atoms with Gasteiger partial charge in [0.1, 0.15) is 5.82 Å². The Morgan fingerprint density at radius 1 is 1.33 bits per heavy atom. The summed E-state index contributed by atoms with van der Waals surface area (Å²) in [5, 5.41) is 0.332. The summed E-state index contributed by atoms with van der Waals surface area (Å²) in [6.07, 6.45) is 5.12. The van der Waals surface area contributed by atoms with Gasteiger partial charge in [0.2, 0.25) is 0 Å². The van der Waals surface area contributed by atoms with Gasteiger partial charge in [0.15, 0.2) is 5.78 Å². The molecule has 3 heteroatoms. The highest BCUT2D eigenvalue weighted by Crippen LogP contribution is 2.33. The number of Topliss-reactive ketones (excluding diaryl/α,β-unsaturated/α-hetero) is 1. The number of benzene rings is 1. The Kier molecular flexibility index (Phi) is 4.39. The maximum absolute atomic E-state index is 13.7. The van der Waals surface area contributed by atoms with E-state index in [1.165, 1.54) is 18.6 Å². The van der Waals surface area contributed by atoms with E-state index in [1.54, 1.807) is 6.07 Å². The molecule has 0 aliphatic heterocycles. The molecule has 1 aliphatic carbocycles. The highest BCUT2D eigenvalue weighted by Gasteiger charge is 2.27. The summed E-state index contributed by atoms with van der Waals surface area (Å²) >= 11 is 5.69. The molecule has 0 radical (unpaired) electrons. The van der Waals surface area contributed by atoms with Crippen LogP contribution in [0.25, 0.3) is 0 Å². The molecule has 0 heterocycles. The molecule has 1 aromatic rings. The third-order valence-corrected chi connectivity index (χ3v) is 4.23. The van der Waals surface area contributed by atoms with Gasteiger partial charge in [0.05, 0.1) is 5.56 Å². The predicted molar refractivity (Wildman–Crippen MR) is 71.5 cm³/mol. The van der Waals surface area contributed by atoms with Crippen LogP contribution in [0.5, 0.6) is 0 Å². The van der Waals surface area contributed by atoms with Crippen molar-refractivity contribution in [2.75, 3.05) is 0 Å². The highest BCUT2D eigenvalue weighted by atomic mass is 35.5. The fourth-order valence-electron chi connectivity index (χ4n) is 2.74. The van der Waals surface area contributed by atoms with E-state index >= 15 is 0 Å². The van der Waals surface area contributed by atoms with Crippen molar-refractivity contribution < 1.29 is 9.18 Å². The molecule has 0 bridgehead atoms. The summed E-state index contributed by atoms with van der Waals surface area (Å²) in [6.45, 7) is 2.19. The van der Waals surface area contributed by atoms with E-state index in [2.05, 4.69) is 6.92 Å². The maximum Gasteiger partial charge on any atom is 0.168 e. The summed E-state index contributed by atoms with van der Waals surface area (Å²) in [5.41, 5.74) is 0.194. The number of carbonyl (C=O) groups is 1. The number of rotatable bonds is 3. The van der Waals surface area contributed by atoms with Crippen LogP contribution in [0.2, 0.25) is 5.02 Å². The predicted octanol–water partition coefficient (Wildman–Crippen LogP) is 4.88. The lowest BCUT2D eigenvalue weighted by atomic mass is 9.78. The lowest BCUT2D eigenvalue weighted by Gasteiger charge is -2.26. The van der Waals surface area contributed by atoms with Gasteiger partial charge >= 0.3 is 0 Å². The Morgan fingerprint density at radius 2 is 2.00 bits per heavy atom. The van der Waals surface area contributed by atoms with E-state index in [-0.39, 0.29) is 17.3 Å². The average molecular weight is 269 g/mol. The van der Waals surface area contributed by atoms with Crippen LogP contribution in [-0.2, 0) is 0 Å². The summed E-state index contributed by atoms with van der Waals surface area (Å²) in [6, 6.07) is 4.30. The Balaban J connectivity index is 2.08. The molecule has 0 spiro atoms. The molecular weight excluding hydrogens is 251 g/mol. The third-order valence-electron chi connectivity index (χ3n) is 3.99. The SMILES string of the molecule is CCC1CCC(C(=O)c2ccc(Cl)cc2F)CC1. The quantitative estimate of drug-likeness (QED) is 0.714. The van der Waals surface area contributed by atoms with Gasteiger partial charge in [-0.05, 0) is 49.8 Å². The van der Waals surface area contributed by atoms with Crippen LogP contribution >= 0.6 is 11.6 Å². The van der Waals surface area contributed by atoms with Gasteiger partial charge in [-0.15, -0.1) is 0 Å². The number of halogens is 2. The van der Waals surface area contributed by atoms with Crippen LogP contribution in [0.3, 0.4) is 0 Å². The molecule has 0 unspecified atom stereocenters. The zero-order valence-corrected chi connectivity index (χ0v) is 11.3. The highest BCUT2D eigenvalue weighted by molar-refractivity contribution is 6.30. The van der Waals surface area contributed by atoms with Crippen molar-refractivity contribution in [3.05, 3.63) is 34.6 Å². The van der Waals surface area contributed by atoms with Gasteiger partial charge in [-0.1, -0.05) is 24.9 Å². The van der Waals surface area contributed by atoms with Crippen molar-refractivity contribution in [3.63, 3.8) is 0 Å². The number of hydrogen-bond acceptors (Lipinski definition) is 1. The van der Waals surface area contributed by atoms with Crippen molar-refractivity contribution in [3.8, 4) is 0 Å². The van der Waals surface area contributed by atoms with Crippen molar-refractivity contribution >= 4 is 17.4 Å². The molecule has 0 aromatic heterocycles. The zero-order chi connectivity index (χ0) is 13.1. The molecule has 0 N–H and O–H groups in total. The molecule has 18 heavy (non-hydrogen) atoms. The average Bonchev–Trinajstić information content (AvgIpc) is 2.38. The molecule has 1 fully saturated rings. The molecule has 0 atom stereocenters. The number of carbonyl (C=O) groups excluding carboxylic acids is 1. The van der Waals surface area contributed by atoms with Gasteiger partial charge in [0.25, 0.3) is 0 Å². The van der Waals surface area contributed by atoms with E-state index in [1.807, 2.05) is 0 Å². The Morgan fingerprint density at radius 3 is 2.56 bits per heavy atom. The van der Waals surface area contributed by atoms with Crippen molar-refractivity contribution in [2.45, 2.75) is 39.0 Å². The third kappa shape index (κ3) is 2.92. The first-order chi connectivity index (χ1) is 8.61. The topological polar surface area (TPSA) is 17.1 Å². The van der Waals surface area contributed by atoms with Gasteiger partial charge < -0.3 is 0 Å². The summed E-state index contributed by atoms with van der Waals surface area (Å²) < 4.78 is 13.7. The van der Waals surface area contributed by atoms with E-state index < -0.39 is 5.82 Å². The van der Waals surface area contributed by atoms with E-state index in [4.69, 9.17) is 11.6 Å². The van der Waals surface area contributed by atoms with Crippen molar-refractivity contribution in [1.29, 1.82) is 0 Å². The molecule has 1 aliphatic rings. The number of hydrogen-bond donors (Lipinski definition) is 0. The van der Waals surface area contributed by atoms with Crippen LogP contribution in [0.1, 0.15) is 49.4 Å². The molecule has 2 rings (SSSR count). The Hall–Kier alpha value is -0.890. The smallest absolute Gasteiger partial charge is 0.168 e.